The summed E-state index contributed by atoms with van der Waals surface area (Å²) in [6, 6.07) is 10.6. The summed E-state index contributed by atoms with van der Waals surface area (Å²) in [5.74, 6) is 1.25. The molecule has 2 aliphatic carbocycles. The second kappa shape index (κ2) is 10.8. The van der Waals surface area contributed by atoms with Crippen molar-refractivity contribution in [3.05, 3.63) is 35.9 Å². The average Bonchev–Trinajstić information content (AvgIpc) is 2.58. The summed E-state index contributed by atoms with van der Waals surface area (Å²) >= 11 is 0. The first kappa shape index (κ1) is 23.4. The third-order valence-electron chi connectivity index (χ3n) is 5.99. The fourth-order valence-electron chi connectivity index (χ4n) is 3.75. The van der Waals surface area contributed by atoms with Gasteiger partial charge in [-0.3, -0.25) is 4.99 Å². The molecule has 0 amide bonds. The van der Waals surface area contributed by atoms with Gasteiger partial charge in [0.2, 0.25) is 10.0 Å². The summed E-state index contributed by atoms with van der Waals surface area (Å²) < 4.78 is 26.9. The van der Waals surface area contributed by atoms with Crippen LogP contribution in [0.4, 0.5) is 0 Å². The molecule has 28 heavy (non-hydrogen) atoms. The zero-order valence-corrected chi connectivity index (χ0v) is 19.8. The van der Waals surface area contributed by atoms with Gasteiger partial charge in [0.25, 0.3) is 0 Å². The van der Waals surface area contributed by atoms with Gasteiger partial charge in [0.05, 0.1) is 5.75 Å². The van der Waals surface area contributed by atoms with Gasteiger partial charge in [-0.25, -0.2) is 13.1 Å². The van der Waals surface area contributed by atoms with Gasteiger partial charge in [0.1, 0.15) is 0 Å². The van der Waals surface area contributed by atoms with Crippen LogP contribution in [0.1, 0.15) is 44.1 Å². The molecule has 8 heteroatoms. The first-order chi connectivity index (χ1) is 13.0. The fraction of sp³-hybridized carbons (Fsp3) is 0.650. The van der Waals surface area contributed by atoms with E-state index >= 15 is 0 Å². The summed E-state index contributed by atoms with van der Waals surface area (Å²) in [5, 5.41) is 6.52. The van der Waals surface area contributed by atoms with E-state index in [2.05, 4.69) is 44.6 Å². The number of sulfonamides is 1. The van der Waals surface area contributed by atoms with Crippen LogP contribution >= 0.6 is 24.0 Å². The maximum Gasteiger partial charge on any atom is 0.213 e. The summed E-state index contributed by atoms with van der Waals surface area (Å²) in [5.41, 5.74) is 1.52. The Morgan fingerprint density at radius 2 is 1.86 bits per heavy atom. The van der Waals surface area contributed by atoms with Gasteiger partial charge < -0.3 is 10.6 Å². The zero-order valence-electron chi connectivity index (χ0n) is 16.6. The van der Waals surface area contributed by atoms with Crippen LogP contribution in [0.2, 0.25) is 0 Å². The summed E-state index contributed by atoms with van der Waals surface area (Å²) in [7, 11) is -1.51. The lowest BCUT2D eigenvalue weighted by Crippen LogP contribution is -2.49. The zero-order chi connectivity index (χ0) is 19.2. The molecule has 3 rings (SSSR count). The van der Waals surface area contributed by atoms with Gasteiger partial charge in [-0.1, -0.05) is 43.2 Å². The van der Waals surface area contributed by atoms with E-state index < -0.39 is 10.0 Å². The number of aliphatic imine (C=N–C) groups is 1. The molecular formula is C20H33IN4O2S. The molecule has 0 radical (unpaired) electrons. The predicted octanol–water partition coefficient (Wildman–Crippen LogP) is 2.61. The average molecular weight is 520 g/mol. The van der Waals surface area contributed by atoms with Crippen LogP contribution in [0.25, 0.3) is 0 Å². The van der Waals surface area contributed by atoms with Crippen LogP contribution in [-0.4, -0.2) is 46.8 Å². The lowest BCUT2D eigenvalue weighted by atomic mass is 9.64. The maximum atomic E-state index is 12.1. The van der Waals surface area contributed by atoms with E-state index in [-0.39, 0.29) is 35.1 Å². The number of rotatable bonds is 9. The fourth-order valence-corrected chi connectivity index (χ4v) is 4.76. The van der Waals surface area contributed by atoms with Crippen molar-refractivity contribution in [1.29, 1.82) is 0 Å². The Hall–Kier alpha value is -0.870. The van der Waals surface area contributed by atoms with E-state index in [9.17, 15) is 8.42 Å². The van der Waals surface area contributed by atoms with Crippen molar-refractivity contribution in [2.24, 2.45) is 10.9 Å². The first-order valence-electron chi connectivity index (χ1n) is 10.0. The lowest BCUT2D eigenvalue weighted by Gasteiger charge is -2.43. The van der Waals surface area contributed by atoms with Crippen LogP contribution in [-0.2, 0) is 15.4 Å². The first-order valence-corrected chi connectivity index (χ1v) is 11.7. The normalized spacial score (nSPS) is 19.1. The largest absolute Gasteiger partial charge is 0.356 e. The molecule has 158 valence electrons. The Labute approximate surface area is 186 Å². The quantitative estimate of drug-likeness (QED) is 0.266. The van der Waals surface area contributed by atoms with Crippen molar-refractivity contribution in [3.8, 4) is 0 Å². The van der Waals surface area contributed by atoms with E-state index in [1.807, 2.05) is 6.07 Å². The van der Waals surface area contributed by atoms with Crippen molar-refractivity contribution in [1.82, 2.24) is 15.4 Å². The monoisotopic (exact) mass is 520 g/mol. The second-order valence-corrected chi connectivity index (χ2v) is 9.74. The van der Waals surface area contributed by atoms with Crippen LogP contribution in [0.15, 0.2) is 35.3 Å². The Kier molecular flexibility index (Phi) is 9.01. The van der Waals surface area contributed by atoms with Crippen molar-refractivity contribution in [2.75, 3.05) is 32.4 Å². The number of halogens is 1. The minimum Gasteiger partial charge on any atom is -0.356 e. The third kappa shape index (κ3) is 6.32. The standard InChI is InChI=1S/C20H32N4O2S.HI/c1-21-19(22-13-14-27(25,26)24-15-17-7-5-8-17)23-16-20(11-6-12-20)18-9-3-2-4-10-18;/h2-4,9-10,17,24H,5-8,11-16H2,1H3,(H2,21,22,23);1H. The van der Waals surface area contributed by atoms with Crippen molar-refractivity contribution >= 4 is 40.0 Å². The molecule has 0 heterocycles. The van der Waals surface area contributed by atoms with E-state index in [0.29, 0.717) is 25.0 Å². The van der Waals surface area contributed by atoms with Gasteiger partial charge in [-0.2, -0.15) is 0 Å². The van der Waals surface area contributed by atoms with Crippen molar-refractivity contribution in [2.45, 2.75) is 43.9 Å². The SMILES string of the molecule is CN=C(NCCS(=O)(=O)NCC1CCC1)NCC1(c2ccccc2)CCC1.I. The van der Waals surface area contributed by atoms with E-state index in [1.165, 1.54) is 31.2 Å². The second-order valence-electron chi connectivity index (χ2n) is 7.82. The highest BCUT2D eigenvalue weighted by Crippen LogP contribution is 2.43. The molecule has 0 aliphatic heterocycles. The summed E-state index contributed by atoms with van der Waals surface area (Å²) in [4.78, 5) is 4.24. The molecule has 1 aromatic carbocycles. The molecule has 0 aromatic heterocycles. The van der Waals surface area contributed by atoms with E-state index in [1.54, 1.807) is 7.05 Å². The molecule has 1 aromatic rings. The van der Waals surface area contributed by atoms with E-state index in [0.717, 1.165) is 19.4 Å². The molecule has 2 fully saturated rings. The van der Waals surface area contributed by atoms with Crippen LogP contribution in [0.3, 0.4) is 0 Å². The molecule has 0 bridgehead atoms. The van der Waals surface area contributed by atoms with Crippen molar-refractivity contribution < 1.29 is 8.42 Å². The minimum absolute atomic E-state index is 0. The molecule has 0 saturated heterocycles. The highest BCUT2D eigenvalue weighted by atomic mass is 127. The Morgan fingerprint density at radius 3 is 2.39 bits per heavy atom. The number of hydrogen-bond donors (Lipinski definition) is 3. The van der Waals surface area contributed by atoms with Gasteiger partial charge in [-0.15, -0.1) is 24.0 Å². The number of nitrogens with zero attached hydrogens (tertiary/aromatic N) is 1. The van der Waals surface area contributed by atoms with Gasteiger partial charge >= 0.3 is 0 Å². The molecule has 0 atom stereocenters. The Balaban J connectivity index is 0.00000280. The topological polar surface area (TPSA) is 82.6 Å². The van der Waals surface area contributed by atoms with E-state index in [4.69, 9.17) is 0 Å². The third-order valence-corrected chi connectivity index (χ3v) is 7.34. The molecule has 2 aliphatic rings. The smallest absolute Gasteiger partial charge is 0.213 e. The predicted molar refractivity (Wildman–Crippen MR) is 126 cm³/mol. The highest BCUT2D eigenvalue weighted by molar-refractivity contribution is 14.0. The molecule has 6 nitrogen and oxygen atoms in total. The molecule has 3 N–H and O–H groups in total. The minimum atomic E-state index is -3.23. The highest BCUT2D eigenvalue weighted by Gasteiger charge is 2.38. The lowest BCUT2D eigenvalue weighted by molar-refractivity contribution is 0.244. The number of benzene rings is 1. The molecule has 0 unspecified atom stereocenters. The summed E-state index contributed by atoms with van der Waals surface area (Å²) in [6.45, 7) is 1.73. The van der Waals surface area contributed by atoms with Crippen LogP contribution in [0.5, 0.6) is 0 Å². The van der Waals surface area contributed by atoms with Crippen molar-refractivity contribution in [3.63, 3.8) is 0 Å². The van der Waals surface area contributed by atoms with Gasteiger partial charge in [0, 0.05) is 32.1 Å². The molecular weight excluding hydrogens is 487 g/mol. The van der Waals surface area contributed by atoms with Crippen LogP contribution < -0.4 is 15.4 Å². The van der Waals surface area contributed by atoms with Gasteiger partial charge in [-0.05, 0) is 37.2 Å². The van der Waals surface area contributed by atoms with Crippen LogP contribution in [0, 0.1) is 5.92 Å². The maximum absolute atomic E-state index is 12.1. The van der Waals surface area contributed by atoms with Gasteiger partial charge in [0.15, 0.2) is 5.96 Å². The Morgan fingerprint density at radius 1 is 1.14 bits per heavy atom. The Bertz CT molecular complexity index is 732. The number of hydrogen-bond acceptors (Lipinski definition) is 3. The number of guanidine groups is 1. The molecule has 0 spiro atoms. The summed E-state index contributed by atoms with van der Waals surface area (Å²) in [6.07, 6.45) is 7.08. The molecule has 2 saturated carbocycles. The number of nitrogens with one attached hydrogen (secondary N) is 3.